The van der Waals surface area contributed by atoms with Crippen molar-refractivity contribution in [3.63, 3.8) is 0 Å². The summed E-state index contributed by atoms with van der Waals surface area (Å²) in [7, 11) is 0. The first kappa shape index (κ1) is 9.74. The van der Waals surface area contributed by atoms with Gasteiger partial charge in [0.25, 0.3) is 0 Å². The van der Waals surface area contributed by atoms with Crippen molar-refractivity contribution < 1.29 is 4.42 Å². The average molecular weight is 274 g/mol. The lowest BCUT2D eigenvalue weighted by molar-refractivity contribution is 0.488. The summed E-state index contributed by atoms with van der Waals surface area (Å²) in [5.74, 6) is 0.575. The summed E-state index contributed by atoms with van der Waals surface area (Å²) in [5.41, 5.74) is -0.397. The fourth-order valence-electron chi connectivity index (χ4n) is 1.35. The maximum atomic E-state index is 11.5. The van der Waals surface area contributed by atoms with Gasteiger partial charge in [0.1, 0.15) is 5.76 Å². The fourth-order valence-corrected chi connectivity index (χ4v) is 2.03. The largest absolute Gasteiger partial charge is 0.428 e. The van der Waals surface area contributed by atoms with Crippen molar-refractivity contribution in [2.24, 2.45) is 0 Å². The van der Waals surface area contributed by atoms with Crippen molar-refractivity contribution >= 4 is 38.3 Å². The van der Waals surface area contributed by atoms with E-state index in [9.17, 15) is 4.79 Å². The van der Waals surface area contributed by atoms with Crippen LogP contribution in [0.5, 0.6) is 0 Å². The Morgan fingerprint density at radius 3 is 2.86 bits per heavy atom. The molecule has 0 atom stereocenters. The first-order valence-corrected chi connectivity index (χ1v) is 5.15. The zero-order valence-electron chi connectivity index (χ0n) is 7.30. The van der Waals surface area contributed by atoms with Crippen LogP contribution in [0.15, 0.2) is 31.9 Å². The summed E-state index contributed by atoms with van der Waals surface area (Å²) in [4.78, 5) is 11.5. The number of fused-ring (bicyclic) bond motifs is 1. The molecule has 0 aliphatic rings. The molecule has 0 radical (unpaired) electrons. The van der Waals surface area contributed by atoms with E-state index in [4.69, 9.17) is 16.0 Å². The molecular formula is C10H6BrClO2. The van der Waals surface area contributed by atoms with E-state index in [0.29, 0.717) is 16.2 Å². The molecule has 0 saturated carbocycles. The third kappa shape index (κ3) is 1.47. The Morgan fingerprint density at radius 1 is 1.43 bits per heavy atom. The Bertz CT molecular complexity index is 560. The van der Waals surface area contributed by atoms with Crippen LogP contribution < -0.4 is 5.63 Å². The molecule has 1 aromatic carbocycles. The minimum Gasteiger partial charge on any atom is -0.428 e. The molecule has 2 nitrogen and oxygen atoms in total. The number of hydrogen-bond donors (Lipinski definition) is 0. The molecule has 0 aliphatic heterocycles. The van der Waals surface area contributed by atoms with Crippen molar-refractivity contribution in [2.75, 3.05) is 0 Å². The molecule has 1 aromatic heterocycles. The first-order valence-electron chi connectivity index (χ1n) is 3.98. The summed E-state index contributed by atoms with van der Waals surface area (Å²) < 4.78 is 5.81. The number of rotatable bonds is 0. The van der Waals surface area contributed by atoms with Crippen molar-refractivity contribution in [3.8, 4) is 0 Å². The maximum absolute atomic E-state index is 11.5. The predicted molar refractivity (Wildman–Crippen MR) is 59.9 cm³/mol. The molecule has 0 unspecified atom stereocenters. The molecule has 0 fully saturated rings. The van der Waals surface area contributed by atoms with Crippen molar-refractivity contribution in [2.45, 2.75) is 6.92 Å². The number of benzene rings is 1. The smallest absolute Gasteiger partial charge is 0.345 e. The van der Waals surface area contributed by atoms with Crippen LogP contribution in [0.1, 0.15) is 5.76 Å². The molecule has 72 valence electrons. The van der Waals surface area contributed by atoms with Crippen LogP contribution >= 0.6 is 27.5 Å². The van der Waals surface area contributed by atoms with E-state index < -0.39 is 5.63 Å². The highest BCUT2D eigenvalue weighted by Crippen LogP contribution is 2.27. The van der Waals surface area contributed by atoms with Crippen molar-refractivity contribution in [1.29, 1.82) is 0 Å². The van der Waals surface area contributed by atoms with Gasteiger partial charge in [-0.25, -0.2) is 4.79 Å². The van der Waals surface area contributed by atoms with Crippen LogP contribution in [0, 0.1) is 6.92 Å². The van der Waals surface area contributed by atoms with E-state index in [-0.39, 0.29) is 0 Å². The summed E-state index contributed by atoms with van der Waals surface area (Å²) in [6, 6.07) is 5.26. The van der Waals surface area contributed by atoms with Crippen LogP contribution in [0.4, 0.5) is 0 Å². The van der Waals surface area contributed by atoms with Gasteiger partial charge in [-0.1, -0.05) is 27.5 Å². The molecule has 4 heteroatoms. The second kappa shape index (κ2) is 3.41. The summed E-state index contributed by atoms with van der Waals surface area (Å²) in [6.45, 7) is 1.73. The van der Waals surface area contributed by atoms with Gasteiger partial charge in [-0.2, -0.15) is 0 Å². The van der Waals surface area contributed by atoms with E-state index in [2.05, 4.69) is 15.9 Å². The molecule has 0 N–H and O–H groups in total. The van der Waals surface area contributed by atoms with E-state index in [0.717, 1.165) is 9.86 Å². The van der Waals surface area contributed by atoms with Gasteiger partial charge in [0.15, 0.2) is 0 Å². The van der Waals surface area contributed by atoms with Gasteiger partial charge in [-0.3, -0.25) is 0 Å². The molecule has 0 spiro atoms. The van der Waals surface area contributed by atoms with Gasteiger partial charge in [0.2, 0.25) is 0 Å². The normalized spacial score (nSPS) is 10.8. The van der Waals surface area contributed by atoms with Crippen LogP contribution in [0.2, 0.25) is 5.02 Å². The molecule has 0 aliphatic carbocycles. The highest BCUT2D eigenvalue weighted by atomic mass is 79.9. The van der Waals surface area contributed by atoms with Crippen molar-refractivity contribution in [3.05, 3.63) is 43.9 Å². The molecule has 2 aromatic rings. The minimum absolute atomic E-state index is 0.397. The SMILES string of the molecule is Cc1cc2c(Br)ccc(Cl)c2c(=O)o1. The van der Waals surface area contributed by atoms with E-state index >= 15 is 0 Å². The average Bonchev–Trinajstić information content (AvgIpc) is 2.10. The lowest BCUT2D eigenvalue weighted by atomic mass is 10.2. The Kier molecular flexibility index (Phi) is 2.37. The predicted octanol–water partition coefficient (Wildman–Crippen LogP) is 3.52. The van der Waals surface area contributed by atoms with Crippen LogP contribution in [0.25, 0.3) is 10.8 Å². The Balaban J connectivity index is 3.08. The second-order valence-electron chi connectivity index (χ2n) is 2.96. The van der Waals surface area contributed by atoms with Gasteiger partial charge >= 0.3 is 5.63 Å². The first-order chi connectivity index (χ1) is 6.59. The van der Waals surface area contributed by atoms with Crippen molar-refractivity contribution in [1.82, 2.24) is 0 Å². The molecule has 0 amide bonds. The molecule has 0 saturated heterocycles. The van der Waals surface area contributed by atoms with Gasteiger partial charge in [0, 0.05) is 9.86 Å². The molecule has 0 bridgehead atoms. The van der Waals surface area contributed by atoms with Crippen LogP contribution in [0.3, 0.4) is 0 Å². The maximum Gasteiger partial charge on any atom is 0.345 e. The van der Waals surface area contributed by atoms with Gasteiger partial charge in [-0.05, 0) is 25.1 Å². The van der Waals surface area contributed by atoms with Crippen LogP contribution in [-0.4, -0.2) is 0 Å². The summed E-state index contributed by atoms with van der Waals surface area (Å²) in [6.07, 6.45) is 0. The standard InChI is InChI=1S/C10H6BrClO2/c1-5-4-6-7(11)2-3-8(12)9(6)10(13)14-5/h2-4H,1H3. The quantitative estimate of drug-likeness (QED) is 0.735. The molecule has 1 heterocycles. The second-order valence-corrected chi connectivity index (χ2v) is 4.22. The van der Waals surface area contributed by atoms with Gasteiger partial charge in [-0.15, -0.1) is 0 Å². The lowest BCUT2D eigenvalue weighted by Gasteiger charge is -2.02. The molecule has 2 rings (SSSR count). The summed E-state index contributed by atoms with van der Waals surface area (Å²) >= 11 is 9.27. The zero-order chi connectivity index (χ0) is 10.3. The fraction of sp³-hybridized carbons (Fsp3) is 0.100. The number of hydrogen-bond acceptors (Lipinski definition) is 2. The minimum atomic E-state index is -0.397. The number of aryl methyl sites for hydroxylation is 1. The monoisotopic (exact) mass is 272 g/mol. The Morgan fingerprint density at radius 2 is 2.14 bits per heavy atom. The van der Waals surface area contributed by atoms with Crippen LogP contribution in [-0.2, 0) is 0 Å². The number of halogens is 2. The third-order valence-corrected chi connectivity index (χ3v) is 2.95. The van der Waals surface area contributed by atoms with Gasteiger partial charge in [0.05, 0.1) is 10.4 Å². The summed E-state index contributed by atoms with van der Waals surface area (Å²) in [5, 5.41) is 1.62. The van der Waals surface area contributed by atoms with E-state index in [1.54, 1.807) is 19.1 Å². The highest BCUT2D eigenvalue weighted by Gasteiger charge is 2.08. The molecule has 14 heavy (non-hydrogen) atoms. The third-order valence-electron chi connectivity index (χ3n) is 1.95. The Hall–Kier alpha value is -0.800. The Labute approximate surface area is 93.6 Å². The van der Waals surface area contributed by atoms with E-state index in [1.807, 2.05) is 6.07 Å². The van der Waals surface area contributed by atoms with Gasteiger partial charge < -0.3 is 4.42 Å². The molecular weight excluding hydrogens is 267 g/mol. The lowest BCUT2D eigenvalue weighted by Crippen LogP contribution is -2.01. The highest BCUT2D eigenvalue weighted by molar-refractivity contribution is 9.10. The zero-order valence-corrected chi connectivity index (χ0v) is 9.65. The topological polar surface area (TPSA) is 30.2 Å². The van der Waals surface area contributed by atoms with E-state index in [1.165, 1.54) is 0 Å².